The molecular formula is C18H23KN6O. The molecule has 2 atom stereocenters. The molecule has 26 heavy (non-hydrogen) atoms. The summed E-state index contributed by atoms with van der Waals surface area (Å²) in [5.41, 5.74) is 2.73. The number of ether oxygens (including phenoxy) is 1. The van der Waals surface area contributed by atoms with Gasteiger partial charge in [0.25, 0.3) is 0 Å². The summed E-state index contributed by atoms with van der Waals surface area (Å²) in [5.74, 6) is 1.85. The van der Waals surface area contributed by atoms with Crippen molar-refractivity contribution in [3.63, 3.8) is 0 Å². The quantitative estimate of drug-likeness (QED) is 0.380. The van der Waals surface area contributed by atoms with E-state index in [2.05, 4.69) is 25.5 Å². The van der Waals surface area contributed by atoms with E-state index in [4.69, 9.17) is 10.1 Å². The topological polar surface area (TPSA) is 91.1 Å². The number of methoxy groups -OCH3 is 1. The number of rotatable bonds is 4. The van der Waals surface area contributed by atoms with E-state index >= 15 is 0 Å². The molecule has 0 spiro atoms. The van der Waals surface area contributed by atoms with Crippen molar-refractivity contribution in [3.8, 4) is 17.1 Å². The van der Waals surface area contributed by atoms with Gasteiger partial charge in [0.2, 0.25) is 5.88 Å². The molecule has 2 unspecified atom stereocenters. The SMILES string of the molecule is C[N-]c1[nH]c(-c2ccnc(OC)c2)cc1C(=N)N1CC2CCC(C1)N2.[K+]. The van der Waals surface area contributed by atoms with Gasteiger partial charge < -0.3 is 25.3 Å². The van der Waals surface area contributed by atoms with Crippen molar-refractivity contribution in [3.05, 3.63) is 35.3 Å². The Kier molecular flexibility index (Phi) is 6.42. The van der Waals surface area contributed by atoms with Gasteiger partial charge in [-0.3, -0.25) is 5.41 Å². The molecule has 2 fully saturated rings. The summed E-state index contributed by atoms with van der Waals surface area (Å²) in [6.07, 6.45) is 4.13. The standard InChI is InChI=1S/C18H23N6O.K/c1-20-18-14(17(19)24-9-12-3-4-13(10-24)22-12)8-15(23-18)11-5-6-21-16(7-11)25-2;/h5-8,12-13,19,22-23H,3-4,9-10H2,1-2H3;/q-1;+1. The number of hydrogen-bond donors (Lipinski definition) is 3. The van der Waals surface area contributed by atoms with Crippen molar-refractivity contribution in [1.82, 2.24) is 20.2 Å². The number of piperazine rings is 1. The number of amidine groups is 1. The second-order valence-corrected chi connectivity index (χ2v) is 6.65. The van der Waals surface area contributed by atoms with Crippen molar-refractivity contribution < 1.29 is 56.1 Å². The van der Waals surface area contributed by atoms with Crippen LogP contribution in [0.1, 0.15) is 18.4 Å². The van der Waals surface area contributed by atoms with Crippen LogP contribution in [0.25, 0.3) is 16.6 Å². The number of likely N-dealkylation sites (tertiary alicyclic amines) is 1. The molecule has 0 radical (unpaired) electrons. The summed E-state index contributed by atoms with van der Waals surface area (Å²) in [4.78, 5) is 9.65. The normalized spacial score (nSPS) is 21.2. The zero-order valence-corrected chi connectivity index (χ0v) is 18.7. The minimum Gasteiger partial charge on any atom is -0.481 e. The summed E-state index contributed by atoms with van der Waals surface area (Å²) in [5, 5.41) is 16.7. The number of H-pyrrole nitrogens is 1. The molecule has 0 amide bonds. The van der Waals surface area contributed by atoms with E-state index in [-0.39, 0.29) is 51.4 Å². The maximum Gasteiger partial charge on any atom is 1.00 e. The van der Waals surface area contributed by atoms with Crippen molar-refractivity contribution >= 4 is 11.7 Å². The summed E-state index contributed by atoms with van der Waals surface area (Å²) in [7, 11) is 3.36. The maximum atomic E-state index is 8.71. The molecule has 132 valence electrons. The molecule has 0 aliphatic carbocycles. The van der Waals surface area contributed by atoms with Crippen LogP contribution in [0.5, 0.6) is 5.88 Å². The van der Waals surface area contributed by atoms with Gasteiger partial charge in [0.1, 0.15) is 5.84 Å². The van der Waals surface area contributed by atoms with Crippen molar-refractivity contribution in [1.29, 1.82) is 5.41 Å². The second-order valence-electron chi connectivity index (χ2n) is 6.65. The van der Waals surface area contributed by atoms with Crippen molar-refractivity contribution in [2.75, 3.05) is 27.2 Å². The number of nitrogens with zero attached hydrogens (tertiary/aromatic N) is 3. The van der Waals surface area contributed by atoms with E-state index in [1.807, 2.05) is 18.2 Å². The van der Waals surface area contributed by atoms with Gasteiger partial charge in [0.05, 0.1) is 7.11 Å². The van der Waals surface area contributed by atoms with Crippen LogP contribution in [-0.2, 0) is 0 Å². The molecule has 4 heterocycles. The van der Waals surface area contributed by atoms with Crippen LogP contribution in [0.3, 0.4) is 0 Å². The molecule has 2 saturated heterocycles. The van der Waals surface area contributed by atoms with E-state index in [9.17, 15) is 0 Å². The minimum absolute atomic E-state index is 0. The molecule has 0 aromatic carbocycles. The van der Waals surface area contributed by atoms with E-state index in [1.165, 1.54) is 12.8 Å². The molecule has 2 aliphatic rings. The first-order chi connectivity index (χ1) is 12.2. The van der Waals surface area contributed by atoms with Crippen LogP contribution >= 0.6 is 0 Å². The van der Waals surface area contributed by atoms with Gasteiger partial charge in [0.15, 0.2) is 0 Å². The third kappa shape index (κ3) is 3.85. The molecule has 2 bridgehead atoms. The van der Waals surface area contributed by atoms with E-state index in [0.717, 1.165) is 35.7 Å². The van der Waals surface area contributed by atoms with E-state index in [0.29, 0.717) is 23.8 Å². The van der Waals surface area contributed by atoms with Crippen LogP contribution in [-0.4, -0.2) is 60.0 Å². The van der Waals surface area contributed by atoms with Crippen LogP contribution < -0.4 is 61.4 Å². The van der Waals surface area contributed by atoms with Gasteiger partial charge in [-0.15, -0.1) is 0 Å². The fraction of sp³-hybridized carbons (Fsp3) is 0.444. The first kappa shape index (κ1) is 19.8. The van der Waals surface area contributed by atoms with E-state index < -0.39 is 0 Å². The van der Waals surface area contributed by atoms with Gasteiger partial charge in [0, 0.05) is 43.0 Å². The monoisotopic (exact) mass is 378 g/mol. The van der Waals surface area contributed by atoms with Gasteiger partial charge in [-0.05, 0) is 36.2 Å². The van der Waals surface area contributed by atoms with Gasteiger partial charge in [-0.1, -0.05) is 12.9 Å². The zero-order valence-electron chi connectivity index (χ0n) is 15.5. The van der Waals surface area contributed by atoms with Crippen molar-refractivity contribution in [2.24, 2.45) is 0 Å². The minimum atomic E-state index is 0. The van der Waals surface area contributed by atoms with Crippen LogP contribution in [0.2, 0.25) is 0 Å². The number of aromatic amines is 1. The second kappa shape index (κ2) is 8.41. The van der Waals surface area contributed by atoms with E-state index in [1.54, 1.807) is 20.4 Å². The predicted molar refractivity (Wildman–Crippen MR) is 97.9 cm³/mol. The molecule has 2 aliphatic heterocycles. The fourth-order valence-corrected chi connectivity index (χ4v) is 3.79. The Morgan fingerprint density at radius 2 is 2.04 bits per heavy atom. The molecule has 2 aromatic rings. The third-order valence-electron chi connectivity index (χ3n) is 5.06. The van der Waals surface area contributed by atoms with Crippen LogP contribution in [0.15, 0.2) is 24.4 Å². The van der Waals surface area contributed by atoms with Gasteiger partial charge >= 0.3 is 51.4 Å². The molecule has 4 rings (SSSR count). The molecule has 2 aromatic heterocycles. The summed E-state index contributed by atoms with van der Waals surface area (Å²) < 4.78 is 5.21. The summed E-state index contributed by atoms with van der Waals surface area (Å²) >= 11 is 0. The molecule has 3 N–H and O–H groups in total. The average molecular weight is 379 g/mol. The zero-order chi connectivity index (χ0) is 17.4. The molecule has 7 nitrogen and oxygen atoms in total. The Hall–Kier alpha value is -0.904. The van der Waals surface area contributed by atoms with Crippen molar-refractivity contribution in [2.45, 2.75) is 24.9 Å². The largest absolute Gasteiger partial charge is 1.00 e. The van der Waals surface area contributed by atoms with Crippen LogP contribution in [0, 0.1) is 5.41 Å². The number of nitrogens with one attached hydrogen (secondary N) is 3. The number of pyridine rings is 1. The fourth-order valence-electron chi connectivity index (χ4n) is 3.79. The first-order valence-corrected chi connectivity index (χ1v) is 8.61. The molecule has 0 saturated carbocycles. The average Bonchev–Trinajstić information content (AvgIpc) is 3.24. The summed E-state index contributed by atoms with van der Waals surface area (Å²) in [6.45, 7) is 1.78. The predicted octanol–water partition coefficient (Wildman–Crippen LogP) is -0.514. The number of fused-ring (bicyclic) bond motifs is 2. The third-order valence-corrected chi connectivity index (χ3v) is 5.06. The Morgan fingerprint density at radius 1 is 1.31 bits per heavy atom. The van der Waals surface area contributed by atoms with Gasteiger partial charge in [-0.2, -0.15) is 0 Å². The van der Waals surface area contributed by atoms with Crippen LogP contribution in [0.4, 0.5) is 5.82 Å². The molecule has 8 heteroatoms. The Balaban J connectivity index is 0.00000196. The Morgan fingerprint density at radius 3 is 2.69 bits per heavy atom. The molecular weight excluding hydrogens is 355 g/mol. The first-order valence-electron chi connectivity index (χ1n) is 8.61. The van der Waals surface area contributed by atoms with Gasteiger partial charge in [-0.25, -0.2) is 4.98 Å². The smallest absolute Gasteiger partial charge is 0.481 e. The Labute approximate surface area is 196 Å². The Bertz CT molecular complexity index is 780. The number of hydrogen-bond acceptors (Lipinski definition) is 4. The number of aromatic nitrogens is 2. The summed E-state index contributed by atoms with van der Waals surface area (Å²) in [6, 6.07) is 6.81. The maximum absolute atomic E-state index is 8.71.